The summed E-state index contributed by atoms with van der Waals surface area (Å²) in [5.41, 5.74) is 4.45. The number of rotatable bonds is 3. The van der Waals surface area contributed by atoms with Gasteiger partial charge in [-0.05, 0) is 50.5 Å². The third kappa shape index (κ3) is 3.73. The molecule has 5 rings (SSSR count). The van der Waals surface area contributed by atoms with Gasteiger partial charge in [-0.3, -0.25) is 9.59 Å². The van der Waals surface area contributed by atoms with Gasteiger partial charge in [0, 0.05) is 25.2 Å². The Labute approximate surface area is 193 Å². The van der Waals surface area contributed by atoms with E-state index in [1.54, 1.807) is 15.9 Å². The first-order chi connectivity index (χ1) is 15.8. The fourth-order valence-corrected chi connectivity index (χ4v) is 4.87. The quantitative estimate of drug-likeness (QED) is 0.625. The number of allylic oxidation sites excluding steroid dienone is 1. The zero-order chi connectivity index (χ0) is 23.2. The molecule has 0 radical (unpaired) electrons. The minimum Gasteiger partial charge on any atom is -0.335 e. The van der Waals surface area contributed by atoms with E-state index in [1.807, 2.05) is 74.2 Å². The van der Waals surface area contributed by atoms with E-state index in [2.05, 4.69) is 16.1 Å². The van der Waals surface area contributed by atoms with Gasteiger partial charge < -0.3 is 9.80 Å². The number of aromatic nitrogens is 3. The number of amides is 2. The molecule has 1 aliphatic carbocycles. The highest BCUT2D eigenvalue weighted by Gasteiger charge is 2.41. The zero-order valence-electron chi connectivity index (χ0n) is 19.2. The number of piperazine rings is 1. The monoisotopic (exact) mass is 441 g/mol. The molecule has 1 fully saturated rings. The molecule has 7 heteroatoms. The molecule has 1 aliphatic heterocycles. The first-order valence-corrected chi connectivity index (χ1v) is 11.2. The largest absolute Gasteiger partial charge is 0.335 e. The van der Waals surface area contributed by atoms with Crippen LogP contribution in [0.3, 0.4) is 0 Å². The van der Waals surface area contributed by atoms with Gasteiger partial charge in [-0.2, -0.15) is 0 Å². The SMILES string of the molecule is CC1=C(C(=O)N2CCN(C(=O)c3ncn(-c4ccccc4)n3)C(C)(C)C2)c2ccccc2C1. The van der Waals surface area contributed by atoms with Crippen LogP contribution in [0.1, 0.15) is 42.5 Å². The van der Waals surface area contributed by atoms with Crippen molar-refractivity contribution in [2.24, 2.45) is 0 Å². The number of nitrogens with zero attached hydrogens (tertiary/aromatic N) is 5. The van der Waals surface area contributed by atoms with Crippen LogP contribution in [0.5, 0.6) is 0 Å². The highest BCUT2D eigenvalue weighted by Crippen LogP contribution is 2.35. The van der Waals surface area contributed by atoms with Crippen LogP contribution < -0.4 is 0 Å². The standard InChI is InChI=1S/C26H27N5O2/c1-18-15-19-9-7-8-12-21(19)22(18)24(32)29-13-14-30(26(2,3)16-29)25(33)23-27-17-31(28-23)20-10-5-4-6-11-20/h4-12,17H,13-16H2,1-3H3. The van der Waals surface area contributed by atoms with Crippen LogP contribution in [0.15, 0.2) is 66.5 Å². The smallest absolute Gasteiger partial charge is 0.294 e. The van der Waals surface area contributed by atoms with E-state index < -0.39 is 5.54 Å². The minimum absolute atomic E-state index is 0.0455. The average molecular weight is 442 g/mol. The molecule has 2 aromatic carbocycles. The number of hydrogen-bond acceptors (Lipinski definition) is 4. The maximum absolute atomic E-state index is 13.5. The summed E-state index contributed by atoms with van der Waals surface area (Å²) in [6.07, 6.45) is 2.37. The van der Waals surface area contributed by atoms with Gasteiger partial charge in [0.25, 0.3) is 11.8 Å². The average Bonchev–Trinajstić information content (AvgIpc) is 3.42. The Bertz CT molecular complexity index is 1260. The molecule has 0 spiro atoms. The molecule has 0 bridgehead atoms. The molecule has 0 unspecified atom stereocenters. The summed E-state index contributed by atoms with van der Waals surface area (Å²) in [6, 6.07) is 17.7. The highest BCUT2D eigenvalue weighted by molar-refractivity contribution is 6.22. The molecule has 0 N–H and O–H groups in total. The fraction of sp³-hybridized carbons (Fsp3) is 0.308. The molecule has 0 saturated carbocycles. The Kier molecular flexibility index (Phi) is 5.12. The Balaban J connectivity index is 1.33. The first kappa shape index (κ1) is 21.1. The van der Waals surface area contributed by atoms with Crippen LogP contribution in [0.4, 0.5) is 0 Å². The van der Waals surface area contributed by atoms with Crippen molar-refractivity contribution in [2.75, 3.05) is 19.6 Å². The molecule has 0 atom stereocenters. The molecule has 2 aliphatic rings. The Morgan fingerprint density at radius 1 is 0.939 bits per heavy atom. The van der Waals surface area contributed by atoms with Crippen LogP contribution in [0.2, 0.25) is 0 Å². The molecule has 3 aromatic rings. The lowest BCUT2D eigenvalue weighted by atomic mass is 9.96. The van der Waals surface area contributed by atoms with E-state index in [0.29, 0.717) is 19.6 Å². The van der Waals surface area contributed by atoms with Gasteiger partial charge >= 0.3 is 0 Å². The molecular formula is C26H27N5O2. The maximum Gasteiger partial charge on any atom is 0.294 e. The van der Waals surface area contributed by atoms with Gasteiger partial charge in [-0.15, -0.1) is 5.10 Å². The van der Waals surface area contributed by atoms with Crippen LogP contribution in [-0.2, 0) is 11.2 Å². The van der Waals surface area contributed by atoms with Gasteiger partial charge in [0.2, 0.25) is 5.82 Å². The number of hydrogen-bond donors (Lipinski definition) is 0. The lowest BCUT2D eigenvalue weighted by molar-refractivity contribution is -0.129. The second-order valence-electron chi connectivity index (χ2n) is 9.33. The third-order valence-corrected chi connectivity index (χ3v) is 6.52. The molecule has 7 nitrogen and oxygen atoms in total. The summed E-state index contributed by atoms with van der Waals surface area (Å²) in [7, 11) is 0. The van der Waals surface area contributed by atoms with Crippen molar-refractivity contribution in [3.63, 3.8) is 0 Å². The van der Waals surface area contributed by atoms with Crippen molar-refractivity contribution < 1.29 is 9.59 Å². The fourth-order valence-electron chi connectivity index (χ4n) is 4.87. The summed E-state index contributed by atoms with van der Waals surface area (Å²) in [4.78, 5) is 34.7. The minimum atomic E-state index is -0.546. The Morgan fingerprint density at radius 2 is 1.67 bits per heavy atom. The molecule has 1 aromatic heterocycles. The molecule has 2 heterocycles. The number of fused-ring (bicyclic) bond motifs is 1. The molecule has 33 heavy (non-hydrogen) atoms. The third-order valence-electron chi connectivity index (χ3n) is 6.52. The maximum atomic E-state index is 13.5. The molecule has 168 valence electrons. The van der Waals surface area contributed by atoms with Crippen molar-refractivity contribution in [3.8, 4) is 5.69 Å². The molecule has 1 saturated heterocycles. The van der Waals surface area contributed by atoms with Crippen molar-refractivity contribution in [3.05, 3.63) is 83.4 Å². The lowest BCUT2D eigenvalue weighted by Gasteiger charge is -2.46. The van der Waals surface area contributed by atoms with E-state index >= 15 is 0 Å². The van der Waals surface area contributed by atoms with Crippen LogP contribution in [0, 0.1) is 0 Å². The number of para-hydroxylation sites is 1. The number of benzene rings is 2. The number of carbonyl (C=O) groups excluding carboxylic acids is 2. The first-order valence-electron chi connectivity index (χ1n) is 11.2. The summed E-state index contributed by atoms with van der Waals surface area (Å²) < 4.78 is 1.60. The van der Waals surface area contributed by atoms with Crippen molar-refractivity contribution in [2.45, 2.75) is 32.7 Å². The van der Waals surface area contributed by atoms with E-state index in [9.17, 15) is 9.59 Å². The van der Waals surface area contributed by atoms with E-state index in [1.165, 1.54) is 5.56 Å². The summed E-state index contributed by atoms with van der Waals surface area (Å²) in [5.74, 6) is -0.0116. The normalized spacial score (nSPS) is 17.3. The summed E-state index contributed by atoms with van der Waals surface area (Å²) in [5, 5.41) is 4.40. The van der Waals surface area contributed by atoms with Crippen LogP contribution in [0.25, 0.3) is 11.3 Å². The molecular weight excluding hydrogens is 414 g/mol. The van der Waals surface area contributed by atoms with E-state index in [0.717, 1.165) is 28.8 Å². The number of carbonyl (C=O) groups is 2. The summed E-state index contributed by atoms with van der Waals surface area (Å²) >= 11 is 0. The van der Waals surface area contributed by atoms with E-state index in [4.69, 9.17) is 0 Å². The van der Waals surface area contributed by atoms with Gasteiger partial charge in [-0.1, -0.05) is 48.0 Å². The van der Waals surface area contributed by atoms with Gasteiger partial charge in [0.1, 0.15) is 6.33 Å². The van der Waals surface area contributed by atoms with Gasteiger partial charge in [0.15, 0.2) is 0 Å². The summed E-state index contributed by atoms with van der Waals surface area (Å²) in [6.45, 7) is 7.38. The predicted molar refractivity (Wildman–Crippen MR) is 126 cm³/mol. The molecule has 2 amide bonds. The highest BCUT2D eigenvalue weighted by atomic mass is 16.2. The predicted octanol–water partition coefficient (Wildman–Crippen LogP) is 3.36. The van der Waals surface area contributed by atoms with Gasteiger partial charge in [0.05, 0.1) is 11.2 Å². The van der Waals surface area contributed by atoms with Crippen molar-refractivity contribution >= 4 is 17.4 Å². The second kappa shape index (κ2) is 7.99. The second-order valence-corrected chi connectivity index (χ2v) is 9.33. The van der Waals surface area contributed by atoms with Crippen LogP contribution >= 0.6 is 0 Å². The van der Waals surface area contributed by atoms with E-state index in [-0.39, 0.29) is 17.6 Å². The topological polar surface area (TPSA) is 71.3 Å². The van der Waals surface area contributed by atoms with Gasteiger partial charge in [-0.25, -0.2) is 9.67 Å². The van der Waals surface area contributed by atoms with Crippen molar-refractivity contribution in [1.29, 1.82) is 0 Å². The van der Waals surface area contributed by atoms with Crippen LogP contribution in [-0.4, -0.2) is 61.6 Å². The Morgan fingerprint density at radius 3 is 2.42 bits per heavy atom. The lowest BCUT2D eigenvalue weighted by Crippen LogP contribution is -2.62. The zero-order valence-corrected chi connectivity index (χ0v) is 19.2. The Hall–Kier alpha value is -3.74. The van der Waals surface area contributed by atoms with Crippen molar-refractivity contribution in [1.82, 2.24) is 24.6 Å².